The van der Waals surface area contributed by atoms with Crippen molar-refractivity contribution in [3.05, 3.63) is 47.6 Å². The number of hydrogen-bond donors (Lipinski definition) is 2. The predicted molar refractivity (Wildman–Crippen MR) is 169 cm³/mol. The third-order valence-corrected chi connectivity index (χ3v) is 14.8. The summed E-state index contributed by atoms with van der Waals surface area (Å²) in [6, 6.07) is 8.18. The van der Waals surface area contributed by atoms with E-state index in [-0.39, 0.29) is 27.6 Å². The standard InChI is InChI=1S/C38H54O4/c1-23(2)27-15-18-38(33(40)41)20-19-36(6)28(31(27)38)13-14-30-35(5)22-25(21-24-9-11-26(42-8)12-10-24)32(39)34(3,4)29(35)16-17-37(30,36)7/h9-12,21,27-32,39H,1,13-20,22H2,2-8H3,(H,40,41)/b25-21+/t27-,28+,29-,30+,31+,32-,35-,36+,37+,38-/m0/s1. The number of aliphatic hydroxyl groups excluding tert-OH is 1. The first-order valence-corrected chi connectivity index (χ1v) is 16.6. The minimum atomic E-state index is -0.580. The lowest BCUT2D eigenvalue weighted by molar-refractivity contribution is -0.240. The van der Waals surface area contributed by atoms with Crippen molar-refractivity contribution in [2.75, 3.05) is 7.11 Å². The number of benzene rings is 1. The number of ether oxygens (including phenoxy) is 1. The molecule has 0 heterocycles. The van der Waals surface area contributed by atoms with E-state index in [1.807, 2.05) is 12.1 Å². The molecule has 6 rings (SSSR count). The predicted octanol–water partition coefficient (Wildman–Crippen LogP) is 8.79. The number of aliphatic hydroxyl groups is 1. The molecule has 0 radical (unpaired) electrons. The van der Waals surface area contributed by atoms with Crippen LogP contribution in [-0.2, 0) is 4.79 Å². The number of fused-ring (bicyclic) bond motifs is 7. The van der Waals surface area contributed by atoms with Gasteiger partial charge in [-0.2, -0.15) is 0 Å². The van der Waals surface area contributed by atoms with Crippen LogP contribution in [0.15, 0.2) is 42.0 Å². The number of carbonyl (C=O) groups is 1. The van der Waals surface area contributed by atoms with Gasteiger partial charge >= 0.3 is 5.97 Å². The van der Waals surface area contributed by atoms with Crippen molar-refractivity contribution in [2.24, 2.45) is 56.7 Å². The maximum atomic E-state index is 13.0. The fourth-order valence-corrected chi connectivity index (χ4v) is 12.6. The first-order chi connectivity index (χ1) is 19.7. The average Bonchev–Trinajstić information content (AvgIpc) is 3.34. The van der Waals surface area contributed by atoms with Gasteiger partial charge in [0.25, 0.3) is 0 Å². The fraction of sp³-hybridized carbons (Fsp3) is 0.711. The van der Waals surface area contributed by atoms with Crippen LogP contribution in [0.5, 0.6) is 5.75 Å². The molecule has 1 aromatic rings. The molecule has 0 saturated heterocycles. The maximum absolute atomic E-state index is 13.0. The summed E-state index contributed by atoms with van der Waals surface area (Å²) in [6.45, 7) is 18.8. The van der Waals surface area contributed by atoms with Crippen LogP contribution in [0.25, 0.3) is 6.08 Å². The SMILES string of the molecule is C=C(C)[C@@H]1CC[C@]2(C(=O)O)CC[C@]3(C)[C@H](CC[C@@H]4[C@@]5(C)C/C(=C\c6ccc(OC)cc6)[C@H](O)C(C)(C)[C@@H]5CC[C@]43C)[C@@H]12. The second-order valence-corrected chi connectivity index (χ2v) is 16.5. The van der Waals surface area contributed by atoms with Crippen molar-refractivity contribution < 1.29 is 19.7 Å². The monoisotopic (exact) mass is 574 g/mol. The van der Waals surface area contributed by atoms with Crippen LogP contribution in [0.1, 0.15) is 105 Å². The molecule has 0 aromatic heterocycles. The highest BCUT2D eigenvalue weighted by atomic mass is 16.5. The number of hydrogen-bond acceptors (Lipinski definition) is 3. The first-order valence-electron chi connectivity index (χ1n) is 16.6. The topological polar surface area (TPSA) is 66.8 Å². The summed E-state index contributed by atoms with van der Waals surface area (Å²) in [7, 11) is 1.69. The van der Waals surface area contributed by atoms with E-state index in [1.54, 1.807) is 7.11 Å². The third kappa shape index (κ3) is 3.85. The van der Waals surface area contributed by atoms with Crippen molar-refractivity contribution in [3.63, 3.8) is 0 Å². The van der Waals surface area contributed by atoms with Crippen molar-refractivity contribution in [2.45, 2.75) is 105 Å². The van der Waals surface area contributed by atoms with Crippen molar-refractivity contribution in [1.29, 1.82) is 0 Å². The Morgan fingerprint density at radius 3 is 2.24 bits per heavy atom. The molecule has 230 valence electrons. The molecule has 0 unspecified atom stereocenters. The molecule has 0 amide bonds. The molecular weight excluding hydrogens is 520 g/mol. The minimum Gasteiger partial charge on any atom is -0.497 e. The number of methoxy groups -OCH3 is 1. The highest BCUT2D eigenvalue weighted by Crippen LogP contribution is 2.77. The molecule has 5 aliphatic carbocycles. The molecule has 4 heteroatoms. The Kier molecular flexibility index (Phi) is 6.93. The van der Waals surface area contributed by atoms with Gasteiger partial charge in [0.05, 0.1) is 18.6 Å². The number of rotatable bonds is 4. The van der Waals surface area contributed by atoms with Crippen LogP contribution in [0.4, 0.5) is 0 Å². The third-order valence-electron chi connectivity index (χ3n) is 14.8. The summed E-state index contributed by atoms with van der Waals surface area (Å²) in [5, 5.41) is 22.5. The van der Waals surface area contributed by atoms with E-state index in [1.165, 1.54) is 12.0 Å². The van der Waals surface area contributed by atoms with E-state index >= 15 is 0 Å². The normalized spacial score (nSPS) is 46.6. The molecule has 10 atom stereocenters. The molecule has 5 fully saturated rings. The Hall–Kier alpha value is -2.07. The summed E-state index contributed by atoms with van der Waals surface area (Å²) in [6.07, 6.45) is 10.9. The summed E-state index contributed by atoms with van der Waals surface area (Å²) in [5.74, 6) is 2.21. The van der Waals surface area contributed by atoms with Crippen molar-refractivity contribution >= 4 is 12.0 Å². The van der Waals surface area contributed by atoms with E-state index in [9.17, 15) is 15.0 Å². The van der Waals surface area contributed by atoms with Gasteiger partial charge in [0.2, 0.25) is 0 Å². The zero-order valence-corrected chi connectivity index (χ0v) is 27.1. The second kappa shape index (κ2) is 9.71. The Morgan fingerprint density at radius 2 is 1.62 bits per heavy atom. The molecule has 2 N–H and O–H groups in total. The zero-order valence-electron chi connectivity index (χ0n) is 27.1. The van der Waals surface area contributed by atoms with E-state index < -0.39 is 17.5 Å². The number of carboxylic acid groups (broad SMARTS) is 1. The van der Waals surface area contributed by atoms with Gasteiger partial charge in [0.15, 0.2) is 0 Å². The van der Waals surface area contributed by atoms with E-state index in [4.69, 9.17) is 4.74 Å². The summed E-state index contributed by atoms with van der Waals surface area (Å²) < 4.78 is 5.38. The lowest BCUT2D eigenvalue weighted by atomic mass is 9.32. The molecule has 42 heavy (non-hydrogen) atoms. The minimum absolute atomic E-state index is 0.0762. The smallest absolute Gasteiger partial charge is 0.309 e. The van der Waals surface area contributed by atoms with Gasteiger partial charge in [-0.25, -0.2) is 0 Å². The van der Waals surface area contributed by atoms with E-state index in [0.717, 1.165) is 68.3 Å². The van der Waals surface area contributed by atoms with Gasteiger partial charge in [0, 0.05) is 0 Å². The Bertz CT molecular complexity index is 1290. The Balaban J connectivity index is 1.40. The first kappa shape index (κ1) is 30.0. The molecule has 4 nitrogen and oxygen atoms in total. The highest BCUT2D eigenvalue weighted by Gasteiger charge is 2.72. The molecule has 0 spiro atoms. The molecule has 0 bridgehead atoms. The van der Waals surface area contributed by atoms with Gasteiger partial charge in [-0.15, -0.1) is 0 Å². The van der Waals surface area contributed by atoms with E-state index in [2.05, 4.69) is 66.3 Å². The van der Waals surface area contributed by atoms with Crippen molar-refractivity contribution in [3.8, 4) is 5.75 Å². The summed E-state index contributed by atoms with van der Waals surface area (Å²) in [5.41, 5.74) is 2.98. The van der Waals surface area contributed by atoms with Crippen molar-refractivity contribution in [1.82, 2.24) is 0 Å². The molecule has 5 aliphatic rings. The Morgan fingerprint density at radius 1 is 0.929 bits per heavy atom. The molecular formula is C38H54O4. The molecule has 0 aliphatic heterocycles. The van der Waals surface area contributed by atoms with Gasteiger partial charge in [0.1, 0.15) is 5.75 Å². The molecule has 1 aromatic carbocycles. The number of aliphatic carboxylic acids is 1. The fourth-order valence-electron chi connectivity index (χ4n) is 12.6. The van der Waals surface area contributed by atoms with Crippen LogP contribution in [0.3, 0.4) is 0 Å². The largest absolute Gasteiger partial charge is 0.497 e. The Labute approximate surface area is 254 Å². The summed E-state index contributed by atoms with van der Waals surface area (Å²) >= 11 is 0. The van der Waals surface area contributed by atoms with Crippen LogP contribution in [0, 0.1) is 56.7 Å². The van der Waals surface area contributed by atoms with E-state index in [0.29, 0.717) is 23.7 Å². The van der Waals surface area contributed by atoms with Crippen LogP contribution in [-0.4, -0.2) is 29.4 Å². The van der Waals surface area contributed by atoms with Gasteiger partial charge < -0.3 is 14.9 Å². The maximum Gasteiger partial charge on any atom is 0.309 e. The lowest BCUT2D eigenvalue weighted by Gasteiger charge is -2.72. The van der Waals surface area contributed by atoms with Crippen LogP contribution in [0.2, 0.25) is 0 Å². The average molecular weight is 575 g/mol. The highest BCUT2D eigenvalue weighted by molar-refractivity contribution is 5.76. The molecule has 5 saturated carbocycles. The number of allylic oxidation sites excluding steroid dienone is 1. The van der Waals surface area contributed by atoms with Crippen LogP contribution >= 0.6 is 0 Å². The van der Waals surface area contributed by atoms with Gasteiger partial charge in [-0.1, -0.05) is 65.0 Å². The zero-order chi connectivity index (χ0) is 30.5. The van der Waals surface area contributed by atoms with Gasteiger partial charge in [-0.3, -0.25) is 4.79 Å². The van der Waals surface area contributed by atoms with Crippen LogP contribution < -0.4 is 4.74 Å². The quantitative estimate of drug-likeness (QED) is 0.353. The second-order valence-electron chi connectivity index (χ2n) is 16.5. The lowest BCUT2D eigenvalue weighted by Crippen LogP contribution is -2.67. The number of carboxylic acids is 1. The van der Waals surface area contributed by atoms with Gasteiger partial charge in [-0.05, 0) is 139 Å². The summed E-state index contributed by atoms with van der Waals surface area (Å²) in [4.78, 5) is 13.0.